The standard InChI is InChI=1S/C25H23F4N3O3S/c26-20-9-6-17(7-10-20)16-30-22-11-8-18(24(33)32-12-1-2-13-32)14-23(22)36(34,35)31-21-5-3-4-19(15-21)25(27,28)29/h3-11,14-15,30-31H,1-2,12-13,16H2. The lowest BCUT2D eigenvalue weighted by Gasteiger charge is -2.19. The van der Waals surface area contributed by atoms with Crippen molar-refractivity contribution >= 4 is 27.3 Å². The van der Waals surface area contributed by atoms with Crippen molar-refractivity contribution in [2.24, 2.45) is 0 Å². The van der Waals surface area contributed by atoms with Gasteiger partial charge in [0.05, 0.1) is 11.3 Å². The summed E-state index contributed by atoms with van der Waals surface area (Å²) in [5.74, 6) is -0.745. The molecule has 3 aromatic rings. The number of hydrogen-bond acceptors (Lipinski definition) is 4. The lowest BCUT2D eigenvalue weighted by Crippen LogP contribution is -2.28. The van der Waals surface area contributed by atoms with Crippen LogP contribution in [0.2, 0.25) is 0 Å². The van der Waals surface area contributed by atoms with Gasteiger partial charge in [-0.15, -0.1) is 0 Å². The molecule has 3 aromatic carbocycles. The number of anilines is 2. The minimum atomic E-state index is -4.65. The highest BCUT2D eigenvalue weighted by Crippen LogP contribution is 2.32. The highest BCUT2D eigenvalue weighted by Gasteiger charge is 2.31. The van der Waals surface area contributed by atoms with E-state index in [0.29, 0.717) is 24.7 Å². The van der Waals surface area contributed by atoms with E-state index < -0.39 is 27.6 Å². The molecule has 0 bridgehead atoms. The van der Waals surface area contributed by atoms with E-state index >= 15 is 0 Å². The van der Waals surface area contributed by atoms with Crippen LogP contribution in [0.1, 0.15) is 34.3 Å². The zero-order valence-corrected chi connectivity index (χ0v) is 19.8. The maximum atomic E-state index is 13.3. The molecule has 1 aliphatic heterocycles. The smallest absolute Gasteiger partial charge is 0.380 e. The first kappa shape index (κ1) is 25.5. The Morgan fingerprint density at radius 1 is 0.944 bits per heavy atom. The Balaban J connectivity index is 1.68. The Bertz CT molecular complexity index is 1350. The van der Waals surface area contributed by atoms with Gasteiger partial charge in [0.1, 0.15) is 10.7 Å². The second kappa shape index (κ2) is 10.2. The topological polar surface area (TPSA) is 78.5 Å². The Hall–Kier alpha value is -3.60. The second-order valence-electron chi connectivity index (χ2n) is 8.37. The van der Waals surface area contributed by atoms with Gasteiger partial charge in [0.15, 0.2) is 0 Å². The van der Waals surface area contributed by atoms with Gasteiger partial charge >= 0.3 is 6.18 Å². The first-order valence-electron chi connectivity index (χ1n) is 11.1. The summed E-state index contributed by atoms with van der Waals surface area (Å²) < 4.78 is 81.4. The number of benzene rings is 3. The molecule has 11 heteroatoms. The number of nitrogens with zero attached hydrogens (tertiary/aromatic N) is 1. The number of amides is 1. The molecule has 1 heterocycles. The predicted molar refractivity (Wildman–Crippen MR) is 128 cm³/mol. The first-order valence-corrected chi connectivity index (χ1v) is 12.6. The molecule has 0 radical (unpaired) electrons. The molecular weight excluding hydrogens is 498 g/mol. The summed E-state index contributed by atoms with van der Waals surface area (Å²) in [6.45, 7) is 1.27. The maximum Gasteiger partial charge on any atom is 0.416 e. The van der Waals surface area contributed by atoms with Gasteiger partial charge in [-0.2, -0.15) is 13.2 Å². The van der Waals surface area contributed by atoms with E-state index in [2.05, 4.69) is 10.0 Å². The van der Waals surface area contributed by atoms with E-state index in [1.165, 1.54) is 48.5 Å². The van der Waals surface area contributed by atoms with Crippen LogP contribution in [0, 0.1) is 5.82 Å². The van der Waals surface area contributed by atoms with Gasteiger partial charge in [-0.05, 0) is 66.9 Å². The van der Waals surface area contributed by atoms with Crippen molar-refractivity contribution in [2.45, 2.75) is 30.5 Å². The molecule has 36 heavy (non-hydrogen) atoms. The van der Waals surface area contributed by atoms with Crippen molar-refractivity contribution in [3.8, 4) is 0 Å². The van der Waals surface area contributed by atoms with Crippen molar-refractivity contribution in [1.82, 2.24) is 4.90 Å². The fourth-order valence-corrected chi connectivity index (χ4v) is 5.15. The molecule has 6 nitrogen and oxygen atoms in total. The van der Waals surface area contributed by atoms with Crippen molar-refractivity contribution in [2.75, 3.05) is 23.1 Å². The van der Waals surface area contributed by atoms with E-state index in [0.717, 1.165) is 25.0 Å². The third-order valence-corrected chi connectivity index (χ3v) is 7.17. The first-order chi connectivity index (χ1) is 17.0. The molecule has 1 amide bonds. The van der Waals surface area contributed by atoms with Crippen LogP contribution in [0.25, 0.3) is 0 Å². The van der Waals surface area contributed by atoms with E-state index in [-0.39, 0.29) is 34.3 Å². The molecule has 0 aromatic heterocycles. The van der Waals surface area contributed by atoms with Crippen LogP contribution >= 0.6 is 0 Å². The van der Waals surface area contributed by atoms with Crippen molar-refractivity contribution in [1.29, 1.82) is 0 Å². The van der Waals surface area contributed by atoms with Gasteiger partial charge in [-0.1, -0.05) is 18.2 Å². The minimum Gasteiger partial charge on any atom is -0.380 e. The lowest BCUT2D eigenvalue weighted by molar-refractivity contribution is -0.137. The molecular formula is C25H23F4N3O3S. The second-order valence-corrected chi connectivity index (χ2v) is 10.0. The summed E-state index contributed by atoms with van der Waals surface area (Å²) >= 11 is 0. The molecule has 190 valence electrons. The highest BCUT2D eigenvalue weighted by atomic mass is 32.2. The summed E-state index contributed by atoms with van der Waals surface area (Å²) in [5, 5.41) is 2.97. The Labute approximate surface area is 206 Å². The largest absolute Gasteiger partial charge is 0.416 e. The monoisotopic (exact) mass is 521 g/mol. The zero-order chi connectivity index (χ0) is 25.9. The van der Waals surface area contributed by atoms with Gasteiger partial charge in [0.25, 0.3) is 15.9 Å². The summed E-state index contributed by atoms with van der Waals surface area (Å²) in [6, 6.07) is 13.6. The van der Waals surface area contributed by atoms with Gasteiger partial charge < -0.3 is 10.2 Å². The van der Waals surface area contributed by atoms with Gasteiger partial charge in [-0.3, -0.25) is 9.52 Å². The molecule has 1 fully saturated rings. The minimum absolute atomic E-state index is 0.136. The fourth-order valence-electron chi connectivity index (χ4n) is 3.90. The molecule has 1 aliphatic rings. The van der Waals surface area contributed by atoms with Gasteiger partial charge in [0, 0.05) is 30.9 Å². The summed E-state index contributed by atoms with van der Waals surface area (Å²) in [4.78, 5) is 14.2. The van der Waals surface area contributed by atoms with E-state index in [1.54, 1.807) is 4.90 Å². The molecule has 2 N–H and O–H groups in total. The van der Waals surface area contributed by atoms with Crippen LogP contribution in [0.4, 0.5) is 28.9 Å². The Morgan fingerprint density at radius 3 is 2.31 bits per heavy atom. The zero-order valence-electron chi connectivity index (χ0n) is 19.0. The number of carbonyl (C=O) groups excluding carboxylic acids is 1. The third kappa shape index (κ3) is 5.96. The van der Waals surface area contributed by atoms with Gasteiger partial charge in [-0.25, -0.2) is 12.8 Å². The number of nitrogens with one attached hydrogen (secondary N) is 2. The van der Waals surface area contributed by atoms with Crippen LogP contribution in [-0.4, -0.2) is 32.3 Å². The number of carbonyl (C=O) groups is 1. The number of alkyl halides is 3. The highest BCUT2D eigenvalue weighted by molar-refractivity contribution is 7.92. The molecule has 0 atom stereocenters. The molecule has 0 spiro atoms. The normalized spacial score (nSPS) is 14.1. The lowest BCUT2D eigenvalue weighted by atomic mass is 10.1. The van der Waals surface area contributed by atoms with Crippen LogP contribution in [0.3, 0.4) is 0 Å². The number of hydrogen-bond donors (Lipinski definition) is 2. The van der Waals surface area contributed by atoms with Crippen LogP contribution < -0.4 is 10.0 Å². The summed E-state index contributed by atoms with van der Waals surface area (Å²) in [6.07, 6.45) is -2.94. The van der Waals surface area contributed by atoms with E-state index in [1.807, 2.05) is 0 Å². The number of halogens is 4. The van der Waals surface area contributed by atoms with Crippen LogP contribution in [0.15, 0.2) is 71.6 Å². The SMILES string of the molecule is O=C(c1ccc(NCc2ccc(F)cc2)c(S(=O)(=O)Nc2cccc(C(F)(F)F)c2)c1)N1CCCC1. The average molecular weight is 522 g/mol. The fraction of sp³-hybridized carbons (Fsp3) is 0.240. The van der Waals surface area contributed by atoms with Crippen LogP contribution in [0.5, 0.6) is 0 Å². The van der Waals surface area contributed by atoms with Crippen molar-refractivity contribution in [3.63, 3.8) is 0 Å². The molecule has 4 rings (SSSR count). The van der Waals surface area contributed by atoms with Gasteiger partial charge in [0.2, 0.25) is 0 Å². The molecule has 0 aliphatic carbocycles. The summed E-state index contributed by atoms with van der Waals surface area (Å²) in [5.41, 5.74) is -0.325. The average Bonchev–Trinajstić information content (AvgIpc) is 3.38. The number of likely N-dealkylation sites (tertiary alicyclic amines) is 1. The quantitative estimate of drug-likeness (QED) is 0.403. The van der Waals surface area contributed by atoms with E-state index in [9.17, 15) is 30.8 Å². The number of sulfonamides is 1. The Kier molecular flexibility index (Phi) is 7.21. The van der Waals surface area contributed by atoms with E-state index in [4.69, 9.17) is 0 Å². The van der Waals surface area contributed by atoms with Crippen LogP contribution in [-0.2, 0) is 22.7 Å². The number of rotatable bonds is 7. The molecule has 1 saturated heterocycles. The third-order valence-electron chi connectivity index (χ3n) is 5.75. The van der Waals surface area contributed by atoms with Crippen molar-refractivity contribution in [3.05, 3.63) is 89.2 Å². The molecule has 0 unspecified atom stereocenters. The maximum absolute atomic E-state index is 13.3. The summed E-state index contributed by atoms with van der Waals surface area (Å²) in [7, 11) is -4.41. The predicted octanol–water partition coefficient (Wildman–Crippen LogP) is 5.49. The van der Waals surface area contributed by atoms with Crippen molar-refractivity contribution < 1.29 is 30.8 Å². The molecule has 0 saturated carbocycles. The Morgan fingerprint density at radius 2 is 1.64 bits per heavy atom.